The summed E-state index contributed by atoms with van der Waals surface area (Å²) < 4.78 is 5.25. The molecular weight excluding hydrogens is 468 g/mol. The minimum absolute atomic E-state index is 0.0363. The lowest BCUT2D eigenvalue weighted by Crippen LogP contribution is -2.45. The van der Waals surface area contributed by atoms with Gasteiger partial charge in [0.2, 0.25) is 5.91 Å². The molecule has 1 fully saturated rings. The minimum atomic E-state index is -0.599. The molecule has 2 atom stereocenters. The van der Waals surface area contributed by atoms with Crippen LogP contribution in [0.4, 0.5) is 5.69 Å². The molecule has 0 radical (unpaired) electrons. The Labute approximate surface area is 218 Å². The Kier molecular flexibility index (Phi) is 7.46. The van der Waals surface area contributed by atoms with Crippen LogP contribution >= 0.6 is 11.8 Å². The zero-order chi connectivity index (χ0) is 26.0. The number of aryl methyl sites for hydroxylation is 2. The van der Waals surface area contributed by atoms with Crippen molar-refractivity contribution >= 4 is 29.3 Å². The molecular formula is C30H34N2O3S. The van der Waals surface area contributed by atoms with Gasteiger partial charge in [0.1, 0.15) is 17.2 Å². The summed E-state index contributed by atoms with van der Waals surface area (Å²) in [5, 5.41) is 2.78. The number of nitrogens with one attached hydrogen (secondary N) is 1. The van der Waals surface area contributed by atoms with E-state index in [1.165, 1.54) is 11.1 Å². The highest BCUT2D eigenvalue weighted by molar-refractivity contribution is 7.99. The van der Waals surface area contributed by atoms with E-state index in [1.54, 1.807) is 48.0 Å². The van der Waals surface area contributed by atoms with Crippen molar-refractivity contribution in [2.24, 2.45) is 0 Å². The van der Waals surface area contributed by atoms with E-state index in [2.05, 4.69) is 50.4 Å². The molecule has 0 saturated carbocycles. The zero-order valence-electron chi connectivity index (χ0n) is 21.8. The lowest BCUT2D eigenvalue weighted by molar-refractivity contribution is -0.119. The number of methoxy groups -OCH3 is 1. The van der Waals surface area contributed by atoms with E-state index in [1.807, 2.05) is 32.0 Å². The summed E-state index contributed by atoms with van der Waals surface area (Å²) in [6.45, 7) is 10.6. The highest BCUT2D eigenvalue weighted by Crippen LogP contribution is 2.43. The molecule has 188 valence electrons. The molecule has 1 heterocycles. The number of thioether (sulfide) groups is 1. The molecule has 3 aromatic carbocycles. The molecule has 0 aromatic heterocycles. The van der Waals surface area contributed by atoms with Crippen molar-refractivity contribution in [1.82, 2.24) is 4.90 Å². The van der Waals surface area contributed by atoms with Crippen LogP contribution in [0.2, 0.25) is 0 Å². The van der Waals surface area contributed by atoms with Crippen LogP contribution in [0.1, 0.15) is 58.8 Å². The third kappa shape index (κ3) is 5.44. The van der Waals surface area contributed by atoms with Crippen LogP contribution in [0, 0.1) is 13.8 Å². The smallest absolute Gasteiger partial charge is 0.255 e. The molecule has 0 bridgehead atoms. The van der Waals surface area contributed by atoms with Gasteiger partial charge in [-0.3, -0.25) is 9.59 Å². The molecule has 2 unspecified atom stereocenters. The average Bonchev–Trinajstić information content (AvgIpc) is 3.31. The van der Waals surface area contributed by atoms with Gasteiger partial charge in [0, 0.05) is 17.0 Å². The fraction of sp³-hybridized carbons (Fsp3) is 0.333. The van der Waals surface area contributed by atoms with E-state index in [9.17, 15) is 9.59 Å². The number of amides is 2. The molecule has 4 rings (SSSR count). The number of benzene rings is 3. The number of ether oxygens (including phenoxy) is 1. The molecule has 0 spiro atoms. The Balaban J connectivity index is 1.66. The third-order valence-electron chi connectivity index (χ3n) is 6.71. The molecule has 2 amide bonds. The number of rotatable bonds is 5. The van der Waals surface area contributed by atoms with Crippen molar-refractivity contribution in [3.63, 3.8) is 0 Å². The van der Waals surface area contributed by atoms with Crippen LogP contribution in [0.15, 0.2) is 66.7 Å². The maximum Gasteiger partial charge on any atom is 0.255 e. The second-order valence-corrected chi connectivity index (χ2v) is 11.4. The Morgan fingerprint density at radius 3 is 2.19 bits per heavy atom. The third-order valence-corrected chi connectivity index (χ3v) is 8.03. The van der Waals surface area contributed by atoms with Gasteiger partial charge in [-0.15, -0.1) is 11.8 Å². The van der Waals surface area contributed by atoms with Gasteiger partial charge in [-0.25, -0.2) is 0 Å². The highest BCUT2D eigenvalue weighted by atomic mass is 32.2. The van der Waals surface area contributed by atoms with Crippen LogP contribution in [0.25, 0.3) is 0 Å². The summed E-state index contributed by atoms with van der Waals surface area (Å²) in [6, 6.07) is 20.7. The largest absolute Gasteiger partial charge is 0.497 e. The predicted octanol–water partition coefficient (Wildman–Crippen LogP) is 6.50. The maximum absolute atomic E-state index is 13.8. The molecule has 5 nitrogen and oxygen atoms in total. The summed E-state index contributed by atoms with van der Waals surface area (Å²) in [7, 11) is 1.60. The van der Waals surface area contributed by atoms with Crippen molar-refractivity contribution < 1.29 is 14.3 Å². The quantitative estimate of drug-likeness (QED) is 0.432. The summed E-state index contributed by atoms with van der Waals surface area (Å²) in [6.07, 6.45) is 0. The first-order chi connectivity index (χ1) is 17.1. The van der Waals surface area contributed by atoms with Crippen molar-refractivity contribution in [3.8, 4) is 5.75 Å². The summed E-state index contributed by atoms with van der Waals surface area (Å²) in [5.41, 5.74) is 5.81. The van der Waals surface area contributed by atoms with Crippen LogP contribution in [-0.4, -0.2) is 35.6 Å². The first-order valence-corrected chi connectivity index (χ1v) is 13.2. The summed E-state index contributed by atoms with van der Waals surface area (Å²) in [5.74, 6) is 0.847. The van der Waals surface area contributed by atoms with Crippen LogP contribution < -0.4 is 10.1 Å². The number of nitrogens with zero attached hydrogens (tertiary/aromatic N) is 1. The van der Waals surface area contributed by atoms with E-state index in [0.717, 1.165) is 16.8 Å². The monoisotopic (exact) mass is 502 g/mol. The molecule has 1 aliphatic heterocycles. The Hall–Kier alpha value is -3.25. The van der Waals surface area contributed by atoms with Crippen LogP contribution in [0.5, 0.6) is 5.75 Å². The van der Waals surface area contributed by atoms with E-state index >= 15 is 0 Å². The van der Waals surface area contributed by atoms with Gasteiger partial charge < -0.3 is 15.0 Å². The van der Waals surface area contributed by atoms with Gasteiger partial charge >= 0.3 is 0 Å². The standard InChI is InChI=1S/C30H34N2O3S/c1-19-7-14-24(17-20(19)2)31-27(33)26-18-36-29(22-8-12-23(13-9-22)30(3,4)5)32(26)28(34)21-10-15-25(35-6)16-11-21/h7-17,26,29H,18H2,1-6H3,(H,31,33). The molecule has 36 heavy (non-hydrogen) atoms. The van der Waals surface area contributed by atoms with E-state index in [-0.39, 0.29) is 22.6 Å². The number of hydrogen-bond donors (Lipinski definition) is 1. The first-order valence-electron chi connectivity index (χ1n) is 12.2. The Morgan fingerprint density at radius 1 is 0.944 bits per heavy atom. The Morgan fingerprint density at radius 2 is 1.61 bits per heavy atom. The van der Waals surface area contributed by atoms with E-state index in [0.29, 0.717) is 17.1 Å². The zero-order valence-corrected chi connectivity index (χ0v) is 22.6. The second kappa shape index (κ2) is 10.4. The fourth-order valence-corrected chi connectivity index (χ4v) is 5.72. The van der Waals surface area contributed by atoms with Crippen molar-refractivity contribution in [3.05, 3.63) is 94.5 Å². The minimum Gasteiger partial charge on any atom is -0.497 e. The molecule has 1 saturated heterocycles. The van der Waals surface area contributed by atoms with E-state index in [4.69, 9.17) is 4.74 Å². The number of hydrogen-bond acceptors (Lipinski definition) is 4. The number of anilines is 1. The first kappa shape index (κ1) is 25.8. The predicted molar refractivity (Wildman–Crippen MR) is 148 cm³/mol. The average molecular weight is 503 g/mol. The maximum atomic E-state index is 13.8. The molecule has 6 heteroatoms. The van der Waals surface area contributed by atoms with Gasteiger partial charge in [0.05, 0.1) is 7.11 Å². The summed E-state index contributed by atoms with van der Waals surface area (Å²) in [4.78, 5) is 29.0. The second-order valence-electron chi connectivity index (χ2n) is 10.3. The molecule has 1 aliphatic rings. The molecule has 3 aromatic rings. The normalized spacial score (nSPS) is 17.7. The highest BCUT2D eigenvalue weighted by Gasteiger charge is 2.42. The van der Waals surface area contributed by atoms with E-state index < -0.39 is 6.04 Å². The SMILES string of the molecule is COc1ccc(C(=O)N2C(C(=O)Nc3ccc(C)c(C)c3)CSC2c2ccc(C(C)(C)C)cc2)cc1. The molecule has 0 aliphatic carbocycles. The van der Waals surface area contributed by atoms with Crippen molar-refractivity contribution in [1.29, 1.82) is 0 Å². The number of carbonyl (C=O) groups is 2. The summed E-state index contributed by atoms with van der Waals surface area (Å²) >= 11 is 1.62. The van der Waals surface area contributed by atoms with Gasteiger partial charge in [-0.2, -0.15) is 0 Å². The van der Waals surface area contributed by atoms with Crippen LogP contribution in [0.3, 0.4) is 0 Å². The van der Waals surface area contributed by atoms with Crippen molar-refractivity contribution in [2.45, 2.75) is 51.4 Å². The van der Waals surface area contributed by atoms with Gasteiger partial charge in [0.15, 0.2) is 0 Å². The van der Waals surface area contributed by atoms with Gasteiger partial charge in [0.25, 0.3) is 5.91 Å². The van der Waals surface area contributed by atoms with Crippen LogP contribution in [-0.2, 0) is 10.2 Å². The number of carbonyl (C=O) groups excluding carboxylic acids is 2. The van der Waals surface area contributed by atoms with Crippen molar-refractivity contribution in [2.75, 3.05) is 18.2 Å². The Bertz CT molecular complexity index is 1250. The van der Waals surface area contributed by atoms with Gasteiger partial charge in [-0.05, 0) is 77.9 Å². The topological polar surface area (TPSA) is 58.6 Å². The fourth-order valence-electron chi connectivity index (χ4n) is 4.29. The lowest BCUT2D eigenvalue weighted by Gasteiger charge is -2.30. The molecule has 1 N–H and O–H groups in total. The van der Waals surface area contributed by atoms with Gasteiger partial charge in [-0.1, -0.05) is 51.1 Å². The lowest BCUT2D eigenvalue weighted by atomic mass is 9.86.